The zero-order chi connectivity index (χ0) is 17.1. The van der Waals surface area contributed by atoms with E-state index < -0.39 is 6.10 Å². The highest BCUT2D eigenvalue weighted by Gasteiger charge is 2.09. The fourth-order valence-electron chi connectivity index (χ4n) is 2.76. The molecule has 3 aromatic rings. The molecule has 24 heavy (non-hydrogen) atoms. The van der Waals surface area contributed by atoms with Crippen molar-refractivity contribution in [2.75, 3.05) is 19.0 Å². The van der Waals surface area contributed by atoms with Crippen LogP contribution in [0.1, 0.15) is 12.5 Å². The van der Waals surface area contributed by atoms with E-state index in [1.165, 1.54) is 0 Å². The Kier molecular flexibility index (Phi) is 4.67. The quantitative estimate of drug-likeness (QED) is 0.745. The van der Waals surface area contributed by atoms with E-state index in [2.05, 4.69) is 11.4 Å². The number of aliphatic hydroxyl groups excluding tert-OH is 1. The Hall–Kier alpha value is -2.59. The van der Waals surface area contributed by atoms with Crippen molar-refractivity contribution < 1.29 is 9.84 Å². The van der Waals surface area contributed by atoms with Crippen LogP contribution in [-0.4, -0.2) is 29.8 Å². The zero-order valence-electron chi connectivity index (χ0n) is 14.2. The van der Waals surface area contributed by atoms with E-state index in [4.69, 9.17) is 9.72 Å². The molecule has 0 amide bonds. The van der Waals surface area contributed by atoms with Crippen LogP contribution in [-0.2, 0) is 0 Å². The van der Waals surface area contributed by atoms with Crippen LogP contribution in [0.15, 0.2) is 48.5 Å². The summed E-state index contributed by atoms with van der Waals surface area (Å²) in [5.74, 6) is 0.868. The fourth-order valence-corrected chi connectivity index (χ4v) is 2.76. The van der Waals surface area contributed by atoms with Crippen LogP contribution in [0.5, 0.6) is 5.75 Å². The van der Waals surface area contributed by atoms with Gasteiger partial charge in [-0.1, -0.05) is 18.2 Å². The third kappa shape index (κ3) is 3.34. The molecule has 0 fully saturated rings. The van der Waals surface area contributed by atoms with Crippen LogP contribution in [0.3, 0.4) is 0 Å². The summed E-state index contributed by atoms with van der Waals surface area (Å²) in [6.07, 6.45) is -0.413. The van der Waals surface area contributed by atoms with Gasteiger partial charge in [0, 0.05) is 23.2 Å². The molecule has 124 valence electrons. The van der Waals surface area contributed by atoms with Gasteiger partial charge in [-0.05, 0) is 49.7 Å². The van der Waals surface area contributed by atoms with Crippen LogP contribution in [0.25, 0.3) is 22.2 Å². The highest BCUT2D eigenvalue weighted by atomic mass is 16.5. The first-order chi connectivity index (χ1) is 11.6. The van der Waals surface area contributed by atoms with Gasteiger partial charge in [0.15, 0.2) is 0 Å². The second kappa shape index (κ2) is 6.89. The van der Waals surface area contributed by atoms with E-state index >= 15 is 0 Å². The van der Waals surface area contributed by atoms with E-state index in [0.717, 1.165) is 39.2 Å². The third-order valence-corrected chi connectivity index (χ3v) is 3.99. The van der Waals surface area contributed by atoms with E-state index in [1.54, 1.807) is 14.0 Å². The van der Waals surface area contributed by atoms with Gasteiger partial charge >= 0.3 is 0 Å². The molecule has 3 rings (SSSR count). The third-order valence-electron chi connectivity index (χ3n) is 3.99. The lowest BCUT2D eigenvalue weighted by molar-refractivity contribution is 0.208. The van der Waals surface area contributed by atoms with Gasteiger partial charge in [-0.15, -0.1) is 0 Å². The molecule has 0 bridgehead atoms. The van der Waals surface area contributed by atoms with Crippen molar-refractivity contribution in [2.45, 2.75) is 20.0 Å². The van der Waals surface area contributed by atoms with E-state index in [0.29, 0.717) is 6.54 Å². The molecule has 4 nitrogen and oxygen atoms in total. The minimum absolute atomic E-state index is 0.413. The highest BCUT2D eigenvalue weighted by molar-refractivity contribution is 5.93. The molecule has 0 saturated heterocycles. The Morgan fingerprint density at radius 1 is 1.17 bits per heavy atom. The lowest BCUT2D eigenvalue weighted by Gasteiger charge is -2.14. The van der Waals surface area contributed by atoms with Crippen molar-refractivity contribution in [1.82, 2.24) is 4.98 Å². The van der Waals surface area contributed by atoms with Gasteiger partial charge in [-0.2, -0.15) is 0 Å². The summed E-state index contributed by atoms with van der Waals surface area (Å²) in [4.78, 5) is 4.79. The number of hydrogen-bond donors (Lipinski definition) is 2. The normalized spacial score (nSPS) is 12.2. The van der Waals surface area contributed by atoms with Crippen LogP contribution in [0, 0.1) is 6.92 Å². The second-order valence-electron chi connectivity index (χ2n) is 5.99. The number of aryl methyl sites for hydroxylation is 1. The van der Waals surface area contributed by atoms with Gasteiger partial charge in [0.25, 0.3) is 0 Å². The SMILES string of the molecule is COc1ccc(-c2cc(NC[C@H](C)O)c3ccccc3n2)cc1C. The van der Waals surface area contributed by atoms with Gasteiger partial charge in [0.05, 0.1) is 24.4 Å². The van der Waals surface area contributed by atoms with Crippen LogP contribution >= 0.6 is 0 Å². The first-order valence-electron chi connectivity index (χ1n) is 8.05. The molecule has 2 aromatic carbocycles. The molecule has 0 unspecified atom stereocenters. The number of nitrogens with one attached hydrogen (secondary N) is 1. The number of aromatic nitrogens is 1. The maximum Gasteiger partial charge on any atom is 0.121 e. The van der Waals surface area contributed by atoms with Crippen molar-refractivity contribution >= 4 is 16.6 Å². The molecular weight excluding hydrogens is 300 g/mol. The molecule has 0 aliphatic rings. The van der Waals surface area contributed by atoms with Crippen LogP contribution in [0.2, 0.25) is 0 Å². The maximum atomic E-state index is 9.57. The largest absolute Gasteiger partial charge is 0.496 e. The Balaban J connectivity index is 2.09. The van der Waals surface area contributed by atoms with Gasteiger partial charge < -0.3 is 15.2 Å². The average Bonchev–Trinajstić information content (AvgIpc) is 2.59. The summed E-state index contributed by atoms with van der Waals surface area (Å²) in [7, 11) is 1.67. The minimum atomic E-state index is -0.413. The molecule has 0 saturated carbocycles. The fraction of sp³-hybridized carbons (Fsp3) is 0.250. The van der Waals surface area contributed by atoms with Crippen molar-refractivity contribution in [3.8, 4) is 17.0 Å². The molecule has 4 heteroatoms. The maximum absolute atomic E-state index is 9.57. The second-order valence-corrected chi connectivity index (χ2v) is 5.99. The topological polar surface area (TPSA) is 54.4 Å². The molecule has 0 aliphatic carbocycles. The lowest BCUT2D eigenvalue weighted by Crippen LogP contribution is -2.15. The predicted octanol–water partition coefficient (Wildman–Crippen LogP) is 4.01. The molecular formula is C20H22N2O2. The number of benzene rings is 2. The monoisotopic (exact) mass is 322 g/mol. The van der Waals surface area contributed by atoms with Crippen molar-refractivity contribution in [3.63, 3.8) is 0 Å². The number of anilines is 1. The average molecular weight is 322 g/mol. The minimum Gasteiger partial charge on any atom is -0.496 e. The molecule has 2 N–H and O–H groups in total. The number of methoxy groups -OCH3 is 1. The Labute approximate surface area is 142 Å². The lowest BCUT2D eigenvalue weighted by atomic mass is 10.0. The number of aliphatic hydroxyl groups is 1. The summed E-state index contributed by atoms with van der Waals surface area (Å²) in [6, 6.07) is 16.1. The van der Waals surface area contributed by atoms with Crippen LogP contribution < -0.4 is 10.1 Å². The van der Waals surface area contributed by atoms with Gasteiger partial charge in [0.1, 0.15) is 5.75 Å². The molecule has 1 heterocycles. The number of hydrogen-bond acceptors (Lipinski definition) is 4. The zero-order valence-corrected chi connectivity index (χ0v) is 14.2. The van der Waals surface area contributed by atoms with E-state index in [1.807, 2.05) is 49.4 Å². The molecule has 0 spiro atoms. The molecule has 1 aromatic heterocycles. The van der Waals surface area contributed by atoms with Crippen molar-refractivity contribution in [3.05, 3.63) is 54.1 Å². The standard InChI is InChI=1S/C20H22N2O2/c1-13-10-15(8-9-20(13)24-3)18-11-19(21-12-14(2)23)16-6-4-5-7-17(16)22-18/h4-11,14,23H,12H2,1-3H3,(H,21,22)/t14-/m0/s1. The molecule has 0 radical (unpaired) electrons. The van der Waals surface area contributed by atoms with Gasteiger partial charge in [0.2, 0.25) is 0 Å². The summed E-state index contributed by atoms with van der Waals surface area (Å²) < 4.78 is 5.33. The summed E-state index contributed by atoms with van der Waals surface area (Å²) in [5, 5.41) is 13.9. The first kappa shape index (κ1) is 16.3. The number of nitrogens with zero attached hydrogens (tertiary/aromatic N) is 1. The summed E-state index contributed by atoms with van der Waals surface area (Å²) in [5.41, 5.74) is 4.91. The summed E-state index contributed by atoms with van der Waals surface area (Å²) >= 11 is 0. The van der Waals surface area contributed by atoms with Crippen molar-refractivity contribution in [1.29, 1.82) is 0 Å². The van der Waals surface area contributed by atoms with E-state index in [-0.39, 0.29) is 0 Å². The van der Waals surface area contributed by atoms with Gasteiger partial charge in [-0.25, -0.2) is 4.98 Å². The Morgan fingerprint density at radius 3 is 2.67 bits per heavy atom. The first-order valence-corrected chi connectivity index (χ1v) is 8.05. The number of pyridine rings is 1. The Bertz CT molecular complexity index is 859. The number of ether oxygens (including phenoxy) is 1. The highest BCUT2D eigenvalue weighted by Crippen LogP contribution is 2.30. The number of para-hydroxylation sites is 1. The smallest absolute Gasteiger partial charge is 0.121 e. The number of rotatable bonds is 5. The summed E-state index contributed by atoms with van der Waals surface area (Å²) in [6.45, 7) is 4.29. The number of fused-ring (bicyclic) bond motifs is 1. The molecule has 0 aliphatic heterocycles. The van der Waals surface area contributed by atoms with Gasteiger partial charge in [-0.3, -0.25) is 0 Å². The van der Waals surface area contributed by atoms with Crippen LogP contribution in [0.4, 0.5) is 5.69 Å². The molecule has 1 atom stereocenters. The predicted molar refractivity (Wildman–Crippen MR) is 98.6 cm³/mol. The van der Waals surface area contributed by atoms with Crippen molar-refractivity contribution in [2.24, 2.45) is 0 Å². The van der Waals surface area contributed by atoms with E-state index in [9.17, 15) is 5.11 Å². The Morgan fingerprint density at radius 2 is 1.96 bits per heavy atom.